The molecule has 31 heavy (non-hydrogen) atoms. The van der Waals surface area contributed by atoms with Crippen molar-refractivity contribution in [1.82, 2.24) is 14.9 Å². The van der Waals surface area contributed by atoms with Crippen LogP contribution in [0.5, 0.6) is 5.75 Å². The number of nitrogen functional groups attached to an aromatic ring is 1. The number of rotatable bonds is 6. The lowest BCUT2D eigenvalue weighted by Crippen LogP contribution is -2.44. The summed E-state index contributed by atoms with van der Waals surface area (Å²) in [6.45, 7) is 4.17. The molecule has 8 heteroatoms. The topological polar surface area (TPSA) is 96.6 Å². The van der Waals surface area contributed by atoms with Crippen LogP contribution in [0, 0.1) is 0 Å². The summed E-state index contributed by atoms with van der Waals surface area (Å²) in [5, 5.41) is 3.15. The van der Waals surface area contributed by atoms with E-state index in [0.717, 1.165) is 31.9 Å². The van der Waals surface area contributed by atoms with Crippen molar-refractivity contribution < 1.29 is 9.53 Å². The van der Waals surface area contributed by atoms with Gasteiger partial charge in [-0.2, -0.15) is 4.98 Å². The number of ether oxygens (including phenoxy) is 1. The molecule has 0 spiro atoms. The average Bonchev–Trinajstić information content (AvgIpc) is 2.80. The number of likely N-dealkylation sites (N-methyl/N-ethyl adjacent to an activating group) is 1. The smallest absolute Gasteiger partial charge is 0.229 e. The van der Waals surface area contributed by atoms with E-state index in [4.69, 9.17) is 10.5 Å². The third-order valence-electron chi connectivity index (χ3n) is 5.39. The van der Waals surface area contributed by atoms with Crippen molar-refractivity contribution in [2.24, 2.45) is 0 Å². The molecule has 1 saturated heterocycles. The van der Waals surface area contributed by atoms with Crippen LogP contribution in [-0.2, 0) is 0 Å². The number of benzene rings is 2. The monoisotopic (exact) mass is 418 g/mol. The number of anilines is 4. The number of ketones is 1. The molecule has 3 N–H and O–H groups in total. The summed E-state index contributed by atoms with van der Waals surface area (Å²) >= 11 is 0. The van der Waals surface area contributed by atoms with Crippen molar-refractivity contribution in [2.75, 3.05) is 56.3 Å². The number of hydrogen-bond donors (Lipinski definition) is 2. The SMILES string of the molecule is COc1cccc(C(=O)c2cnc(Nc3ccc(N4CCN(C)CC4)cc3)nc2N)c1. The van der Waals surface area contributed by atoms with Crippen LogP contribution in [0.15, 0.2) is 54.7 Å². The molecule has 0 aliphatic carbocycles. The van der Waals surface area contributed by atoms with Gasteiger partial charge in [-0.05, 0) is 43.4 Å². The minimum absolute atomic E-state index is 0.124. The third kappa shape index (κ3) is 4.75. The molecule has 0 unspecified atom stereocenters. The van der Waals surface area contributed by atoms with Crippen molar-refractivity contribution in [3.05, 3.63) is 65.9 Å². The highest BCUT2D eigenvalue weighted by Crippen LogP contribution is 2.23. The van der Waals surface area contributed by atoms with Crippen LogP contribution in [0.1, 0.15) is 15.9 Å². The van der Waals surface area contributed by atoms with Crippen molar-refractivity contribution in [3.8, 4) is 5.75 Å². The number of nitrogens with two attached hydrogens (primary N) is 1. The molecular formula is C23H26N6O2. The highest BCUT2D eigenvalue weighted by molar-refractivity contribution is 6.11. The molecule has 0 atom stereocenters. The maximum Gasteiger partial charge on any atom is 0.229 e. The minimum atomic E-state index is -0.250. The Hall–Kier alpha value is -3.65. The van der Waals surface area contributed by atoms with E-state index >= 15 is 0 Å². The Morgan fingerprint density at radius 2 is 1.84 bits per heavy atom. The first kappa shape index (κ1) is 20.6. The highest BCUT2D eigenvalue weighted by atomic mass is 16.5. The Bertz CT molecular complexity index is 1060. The zero-order valence-electron chi connectivity index (χ0n) is 17.7. The van der Waals surface area contributed by atoms with Crippen molar-refractivity contribution >= 4 is 28.9 Å². The summed E-state index contributed by atoms with van der Waals surface area (Å²) in [4.78, 5) is 26.0. The van der Waals surface area contributed by atoms with Crippen LogP contribution < -0.4 is 20.7 Å². The van der Waals surface area contributed by atoms with Crippen LogP contribution in [0.2, 0.25) is 0 Å². The number of nitrogens with one attached hydrogen (secondary N) is 1. The van der Waals surface area contributed by atoms with Crippen molar-refractivity contribution in [3.63, 3.8) is 0 Å². The Balaban J connectivity index is 1.45. The van der Waals surface area contributed by atoms with Crippen LogP contribution in [0.3, 0.4) is 0 Å². The van der Waals surface area contributed by atoms with E-state index in [1.807, 2.05) is 12.1 Å². The first-order valence-electron chi connectivity index (χ1n) is 10.2. The maximum absolute atomic E-state index is 12.8. The first-order valence-corrected chi connectivity index (χ1v) is 10.2. The quantitative estimate of drug-likeness (QED) is 0.590. The fourth-order valence-electron chi connectivity index (χ4n) is 3.50. The Kier molecular flexibility index (Phi) is 5.99. The molecule has 3 aromatic rings. The molecule has 160 valence electrons. The van der Waals surface area contributed by atoms with Gasteiger partial charge < -0.3 is 25.6 Å². The second-order valence-electron chi connectivity index (χ2n) is 7.52. The van der Waals surface area contributed by atoms with Gasteiger partial charge in [-0.15, -0.1) is 0 Å². The van der Waals surface area contributed by atoms with Gasteiger partial charge in [0.15, 0.2) is 5.78 Å². The molecule has 0 radical (unpaired) electrons. The number of aromatic nitrogens is 2. The summed E-state index contributed by atoms with van der Waals surface area (Å²) in [7, 11) is 3.70. The maximum atomic E-state index is 12.8. The molecule has 8 nitrogen and oxygen atoms in total. The van der Waals surface area contributed by atoms with E-state index in [-0.39, 0.29) is 17.2 Å². The van der Waals surface area contributed by atoms with Crippen LogP contribution >= 0.6 is 0 Å². The summed E-state index contributed by atoms with van der Waals surface area (Å²) < 4.78 is 5.18. The number of carbonyl (C=O) groups is 1. The van der Waals surface area contributed by atoms with Crippen molar-refractivity contribution in [1.29, 1.82) is 0 Å². The predicted molar refractivity (Wildman–Crippen MR) is 122 cm³/mol. The number of hydrogen-bond acceptors (Lipinski definition) is 8. The molecule has 2 aromatic carbocycles. The molecule has 0 bridgehead atoms. The van der Waals surface area contributed by atoms with Gasteiger partial charge in [-0.25, -0.2) is 4.98 Å². The molecule has 0 amide bonds. The Morgan fingerprint density at radius 3 is 2.52 bits per heavy atom. The van der Waals surface area contributed by atoms with Crippen LogP contribution in [0.25, 0.3) is 0 Å². The molecule has 1 aromatic heterocycles. The van der Waals surface area contributed by atoms with Crippen molar-refractivity contribution in [2.45, 2.75) is 0 Å². The fourth-order valence-corrected chi connectivity index (χ4v) is 3.50. The standard InChI is InChI=1S/C23H26N6O2/c1-28-10-12-29(13-11-28)18-8-6-17(7-9-18)26-23-25-15-20(22(24)27-23)21(30)16-4-3-5-19(14-16)31-2/h3-9,14-15H,10-13H2,1-2H3,(H3,24,25,26,27). The van der Waals surface area contributed by atoms with E-state index in [9.17, 15) is 4.79 Å². The second kappa shape index (κ2) is 9.01. The minimum Gasteiger partial charge on any atom is -0.497 e. The first-order chi connectivity index (χ1) is 15.0. The van der Waals surface area contributed by atoms with E-state index < -0.39 is 0 Å². The summed E-state index contributed by atoms with van der Waals surface area (Å²) in [5.74, 6) is 0.814. The predicted octanol–water partition coefficient (Wildman–Crippen LogP) is 2.79. The van der Waals surface area contributed by atoms with Crippen LogP contribution in [-0.4, -0.2) is 61.0 Å². The molecule has 2 heterocycles. The van der Waals surface area contributed by atoms with Gasteiger partial charge in [-0.1, -0.05) is 12.1 Å². The lowest BCUT2D eigenvalue weighted by atomic mass is 10.1. The van der Waals surface area contributed by atoms with E-state index in [2.05, 4.69) is 44.3 Å². The average molecular weight is 419 g/mol. The largest absolute Gasteiger partial charge is 0.497 e. The van der Waals surface area contributed by atoms with E-state index in [1.54, 1.807) is 31.4 Å². The lowest BCUT2D eigenvalue weighted by Gasteiger charge is -2.34. The van der Waals surface area contributed by atoms with Gasteiger partial charge in [0.2, 0.25) is 5.95 Å². The summed E-state index contributed by atoms with van der Waals surface area (Å²) in [6, 6.07) is 15.0. The fraction of sp³-hybridized carbons (Fsp3) is 0.261. The Labute approximate surface area is 181 Å². The van der Waals surface area contributed by atoms with Gasteiger partial charge in [-0.3, -0.25) is 4.79 Å². The summed E-state index contributed by atoms with van der Waals surface area (Å²) in [6.07, 6.45) is 1.45. The van der Waals surface area contributed by atoms with E-state index in [0.29, 0.717) is 17.3 Å². The zero-order valence-corrected chi connectivity index (χ0v) is 17.7. The second-order valence-corrected chi connectivity index (χ2v) is 7.52. The Morgan fingerprint density at radius 1 is 1.10 bits per heavy atom. The number of methoxy groups -OCH3 is 1. The molecule has 1 aliphatic heterocycles. The molecular weight excluding hydrogens is 392 g/mol. The van der Waals surface area contributed by atoms with Gasteiger partial charge >= 0.3 is 0 Å². The van der Waals surface area contributed by atoms with E-state index in [1.165, 1.54) is 11.9 Å². The van der Waals surface area contributed by atoms with Crippen LogP contribution in [0.4, 0.5) is 23.1 Å². The lowest BCUT2D eigenvalue weighted by molar-refractivity contribution is 0.103. The number of nitrogens with zero attached hydrogens (tertiary/aromatic N) is 4. The zero-order chi connectivity index (χ0) is 21.8. The van der Waals surface area contributed by atoms with Gasteiger partial charge in [0.1, 0.15) is 11.6 Å². The highest BCUT2D eigenvalue weighted by Gasteiger charge is 2.16. The number of piperazine rings is 1. The third-order valence-corrected chi connectivity index (χ3v) is 5.39. The van der Waals surface area contributed by atoms with Gasteiger partial charge in [0, 0.05) is 49.3 Å². The molecule has 1 aliphatic rings. The summed E-state index contributed by atoms with van der Waals surface area (Å²) in [5.41, 5.74) is 8.83. The molecule has 4 rings (SSSR count). The van der Waals surface area contributed by atoms with Gasteiger partial charge in [0.25, 0.3) is 0 Å². The molecule has 0 saturated carbocycles. The molecule has 1 fully saturated rings. The van der Waals surface area contributed by atoms with Gasteiger partial charge in [0.05, 0.1) is 12.7 Å². The number of carbonyl (C=O) groups excluding carboxylic acids is 1. The normalized spacial score (nSPS) is 14.3.